The molecule has 0 saturated heterocycles. The van der Waals surface area contributed by atoms with E-state index in [1.54, 1.807) is 0 Å². The molecule has 0 amide bonds. The second-order valence-electron chi connectivity index (χ2n) is 2.85. The Hall–Kier alpha value is 0.220. The Morgan fingerprint density at radius 3 is 2.44 bits per heavy atom. The molecule has 1 fully saturated rings. The van der Waals surface area contributed by atoms with Gasteiger partial charge in [-0.05, 0) is 19.3 Å². The molecule has 0 N–H and O–H groups in total. The van der Waals surface area contributed by atoms with E-state index in [1.807, 2.05) is 6.08 Å². The summed E-state index contributed by atoms with van der Waals surface area (Å²) in [7, 11) is 0. The third-order valence-corrected chi connectivity index (χ3v) is 3.13. The monoisotopic (exact) mass is 188 g/mol. The van der Waals surface area contributed by atoms with E-state index in [0.717, 1.165) is 6.42 Å². The van der Waals surface area contributed by atoms with Crippen LogP contribution in [0.1, 0.15) is 32.1 Å². The molecule has 0 heterocycles. The summed E-state index contributed by atoms with van der Waals surface area (Å²) in [5.74, 6) is 0. The van der Waals surface area contributed by atoms with Gasteiger partial charge in [0.15, 0.2) is 0 Å². The van der Waals surface area contributed by atoms with E-state index in [9.17, 15) is 0 Å². The normalized spacial score (nSPS) is 24.1. The topological polar surface area (TPSA) is 0 Å². The Morgan fingerprint density at radius 1 is 1.44 bits per heavy atom. The van der Waals surface area contributed by atoms with E-state index in [1.165, 1.54) is 25.7 Å². The van der Waals surface area contributed by atoms with Gasteiger partial charge in [-0.25, -0.2) is 0 Å². The van der Waals surface area contributed by atoms with E-state index in [0.29, 0.717) is 4.32 Å². The summed E-state index contributed by atoms with van der Waals surface area (Å²) in [5, 5.41) is 0. The van der Waals surface area contributed by atoms with E-state index < -0.39 is 0 Å². The van der Waals surface area contributed by atoms with Crippen molar-refractivity contribution in [3.8, 4) is 0 Å². The van der Waals surface area contributed by atoms with Gasteiger partial charge in [0.05, 0.1) is 0 Å². The van der Waals surface area contributed by atoms with Crippen LogP contribution in [0.15, 0.2) is 12.7 Å². The summed E-state index contributed by atoms with van der Waals surface area (Å²) >= 11 is 3.73. The van der Waals surface area contributed by atoms with Crippen LogP contribution in [0.2, 0.25) is 0 Å². The van der Waals surface area contributed by atoms with Crippen molar-refractivity contribution < 1.29 is 0 Å². The summed E-state index contributed by atoms with van der Waals surface area (Å²) in [6.07, 6.45) is 8.59. The predicted octanol–water partition coefficient (Wildman–Crippen LogP) is 3.27. The highest BCUT2D eigenvalue weighted by Gasteiger charge is 2.28. The second kappa shape index (κ2) is 2.87. The Kier molecular flexibility index (Phi) is 2.34. The first-order valence-corrected chi connectivity index (χ1v) is 4.36. The van der Waals surface area contributed by atoms with E-state index in [2.05, 4.69) is 22.5 Å². The lowest BCUT2D eigenvalue weighted by Gasteiger charge is -2.17. The molecule has 1 heteroatoms. The van der Waals surface area contributed by atoms with Crippen LogP contribution in [0.25, 0.3) is 0 Å². The van der Waals surface area contributed by atoms with Gasteiger partial charge in [0.1, 0.15) is 0 Å². The number of allylic oxidation sites excluding steroid dienone is 1. The summed E-state index contributed by atoms with van der Waals surface area (Å²) in [6, 6.07) is 0. The quantitative estimate of drug-likeness (QED) is 0.462. The van der Waals surface area contributed by atoms with Crippen molar-refractivity contribution in [1.82, 2.24) is 0 Å². The van der Waals surface area contributed by atoms with Crippen molar-refractivity contribution in [2.24, 2.45) is 0 Å². The van der Waals surface area contributed by atoms with Gasteiger partial charge < -0.3 is 0 Å². The van der Waals surface area contributed by atoms with Gasteiger partial charge in [0.2, 0.25) is 0 Å². The molecule has 1 saturated carbocycles. The Labute approximate surface area is 65.5 Å². The fourth-order valence-corrected chi connectivity index (χ4v) is 2.26. The second-order valence-corrected chi connectivity index (χ2v) is 4.53. The van der Waals surface area contributed by atoms with Crippen molar-refractivity contribution in [2.45, 2.75) is 36.4 Å². The molecule has 0 aromatic heterocycles. The molecule has 0 aliphatic heterocycles. The Balaban J connectivity index is 2.40. The highest BCUT2D eigenvalue weighted by atomic mass is 79.9. The van der Waals surface area contributed by atoms with Crippen LogP contribution >= 0.6 is 15.9 Å². The smallest absolute Gasteiger partial charge is 0.0292 e. The first-order chi connectivity index (χ1) is 4.27. The molecule has 0 bridgehead atoms. The van der Waals surface area contributed by atoms with Gasteiger partial charge in [0, 0.05) is 4.32 Å². The minimum atomic E-state index is 0.439. The minimum Gasteiger partial charge on any atom is -0.103 e. The lowest BCUT2D eigenvalue weighted by molar-refractivity contribution is 0.633. The van der Waals surface area contributed by atoms with Crippen LogP contribution in [0.3, 0.4) is 0 Å². The molecule has 1 rings (SSSR count). The SMILES string of the molecule is C=CCC1(Br)CCCC1. The van der Waals surface area contributed by atoms with Crippen molar-refractivity contribution in [3.05, 3.63) is 12.7 Å². The van der Waals surface area contributed by atoms with Gasteiger partial charge in [-0.2, -0.15) is 0 Å². The van der Waals surface area contributed by atoms with E-state index >= 15 is 0 Å². The third-order valence-electron chi connectivity index (χ3n) is 2.01. The maximum atomic E-state index is 3.74. The van der Waals surface area contributed by atoms with Gasteiger partial charge in [-0.1, -0.05) is 34.8 Å². The number of rotatable bonds is 2. The molecule has 9 heavy (non-hydrogen) atoms. The van der Waals surface area contributed by atoms with Crippen molar-refractivity contribution in [2.75, 3.05) is 0 Å². The highest BCUT2D eigenvalue weighted by molar-refractivity contribution is 9.10. The van der Waals surface area contributed by atoms with E-state index in [4.69, 9.17) is 0 Å². The first kappa shape index (κ1) is 7.33. The molecule has 0 spiro atoms. The summed E-state index contributed by atoms with van der Waals surface area (Å²) in [5.41, 5.74) is 0. The first-order valence-electron chi connectivity index (χ1n) is 3.57. The lowest BCUT2D eigenvalue weighted by Crippen LogP contribution is -2.12. The van der Waals surface area contributed by atoms with Crippen molar-refractivity contribution in [1.29, 1.82) is 0 Å². The average molecular weight is 189 g/mol. The number of hydrogen-bond donors (Lipinski definition) is 0. The Bertz CT molecular complexity index is 101. The number of hydrogen-bond acceptors (Lipinski definition) is 0. The molecule has 52 valence electrons. The van der Waals surface area contributed by atoms with Gasteiger partial charge >= 0.3 is 0 Å². The predicted molar refractivity (Wildman–Crippen MR) is 44.9 cm³/mol. The lowest BCUT2D eigenvalue weighted by atomic mass is 10.0. The molecule has 1 aliphatic carbocycles. The van der Waals surface area contributed by atoms with Crippen LogP contribution in [0, 0.1) is 0 Å². The van der Waals surface area contributed by atoms with Gasteiger partial charge in [-0.3, -0.25) is 0 Å². The molecule has 0 unspecified atom stereocenters. The molecule has 0 aromatic rings. The van der Waals surface area contributed by atoms with Gasteiger partial charge in [-0.15, -0.1) is 6.58 Å². The number of halogens is 1. The van der Waals surface area contributed by atoms with Crippen LogP contribution < -0.4 is 0 Å². The van der Waals surface area contributed by atoms with Crippen molar-refractivity contribution in [3.63, 3.8) is 0 Å². The molecule has 1 aliphatic rings. The molecule has 0 aromatic carbocycles. The maximum Gasteiger partial charge on any atom is 0.0292 e. The van der Waals surface area contributed by atoms with Gasteiger partial charge in [0.25, 0.3) is 0 Å². The standard InChI is InChI=1S/C8H13Br/c1-2-5-8(9)6-3-4-7-8/h2H,1,3-7H2. The van der Waals surface area contributed by atoms with Crippen LogP contribution in [-0.2, 0) is 0 Å². The number of alkyl halides is 1. The fraction of sp³-hybridized carbons (Fsp3) is 0.750. The van der Waals surface area contributed by atoms with E-state index in [-0.39, 0.29) is 0 Å². The molecule has 0 atom stereocenters. The maximum absolute atomic E-state index is 3.74. The van der Waals surface area contributed by atoms with Crippen LogP contribution in [-0.4, -0.2) is 4.32 Å². The van der Waals surface area contributed by atoms with Crippen molar-refractivity contribution >= 4 is 15.9 Å². The molecule has 0 radical (unpaired) electrons. The highest BCUT2D eigenvalue weighted by Crippen LogP contribution is 2.40. The largest absolute Gasteiger partial charge is 0.103 e. The zero-order valence-corrected chi connectivity index (χ0v) is 7.28. The molecular weight excluding hydrogens is 176 g/mol. The third kappa shape index (κ3) is 1.82. The fourth-order valence-electron chi connectivity index (χ4n) is 1.47. The summed E-state index contributed by atoms with van der Waals surface area (Å²) in [6.45, 7) is 3.74. The molecular formula is C8H13Br. The van der Waals surface area contributed by atoms with Crippen LogP contribution in [0.4, 0.5) is 0 Å². The average Bonchev–Trinajstić information content (AvgIpc) is 2.16. The zero-order chi connectivity index (χ0) is 6.74. The summed E-state index contributed by atoms with van der Waals surface area (Å²) in [4.78, 5) is 0. The Morgan fingerprint density at radius 2 is 2.00 bits per heavy atom. The summed E-state index contributed by atoms with van der Waals surface area (Å²) < 4.78 is 0.439. The van der Waals surface area contributed by atoms with Crippen LogP contribution in [0.5, 0.6) is 0 Å². The zero-order valence-electron chi connectivity index (χ0n) is 5.70. The minimum absolute atomic E-state index is 0.439. The molecule has 0 nitrogen and oxygen atoms in total.